The zero-order valence-electron chi connectivity index (χ0n) is 11.1. The van der Waals surface area contributed by atoms with E-state index < -0.39 is 0 Å². The van der Waals surface area contributed by atoms with Gasteiger partial charge < -0.3 is 16.0 Å². The number of benzene rings is 1. The largest absolute Gasteiger partial charge is 0.389 e. The minimum Gasteiger partial charge on any atom is -0.389 e. The lowest BCUT2D eigenvalue weighted by molar-refractivity contribution is -0.119. The highest BCUT2D eigenvalue weighted by molar-refractivity contribution is 9.10. The molecule has 1 amide bonds. The fourth-order valence-electron chi connectivity index (χ4n) is 1.71. The van der Waals surface area contributed by atoms with Gasteiger partial charge in [-0.2, -0.15) is 0 Å². The van der Waals surface area contributed by atoms with Crippen LogP contribution >= 0.6 is 28.1 Å². The Hall–Kier alpha value is -1.14. The summed E-state index contributed by atoms with van der Waals surface area (Å²) in [4.78, 5) is 14.0. The van der Waals surface area contributed by atoms with Crippen molar-refractivity contribution >= 4 is 44.7 Å². The van der Waals surface area contributed by atoms with Crippen LogP contribution in [0, 0.1) is 0 Å². The molecule has 19 heavy (non-hydrogen) atoms. The second-order valence-corrected chi connectivity index (χ2v) is 5.29. The van der Waals surface area contributed by atoms with Gasteiger partial charge in [0.2, 0.25) is 5.91 Å². The SMILES string of the molecule is CCNC(=O)CN(CC)c1ccc(C(N)=S)cc1Br. The van der Waals surface area contributed by atoms with E-state index in [1.54, 1.807) is 0 Å². The maximum atomic E-state index is 11.7. The minimum absolute atomic E-state index is 0.00896. The molecule has 0 fully saturated rings. The van der Waals surface area contributed by atoms with Crippen molar-refractivity contribution in [2.24, 2.45) is 5.73 Å². The summed E-state index contributed by atoms with van der Waals surface area (Å²) >= 11 is 8.44. The van der Waals surface area contributed by atoms with Crippen molar-refractivity contribution in [3.8, 4) is 0 Å². The molecule has 0 radical (unpaired) electrons. The number of rotatable bonds is 6. The summed E-state index contributed by atoms with van der Waals surface area (Å²) in [7, 11) is 0. The fourth-order valence-corrected chi connectivity index (χ4v) is 2.47. The summed E-state index contributed by atoms with van der Waals surface area (Å²) < 4.78 is 0.879. The van der Waals surface area contributed by atoms with E-state index in [4.69, 9.17) is 18.0 Å². The third-order valence-electron chi connectivity index (χ3n) is 2.66. The predicted molar refractivity (Wildman–Crippen MR) is 86.6 cm³/mol. The topological polar surface area (TPSA) is 58.4 Å². The Kier molecular flexibility index (Phi) is 6.24. The number of likely N-dealkylation sites (N-methyl/N-ethyl adjacent to an activating group) is 2. The molecule has 104 valence electrons. The van der Waals surface area contributed by atoms with E-state index in [2.05, 4.69) is 21.2 Å². The van der Waals surface area contributed by atoms with E-state index in [0.29, 0.717) is 18.1 Å². The van der Waals surface area contributed by atoms with E-state index in [0.717, 1.165) is 22.3 Å². The number of amides is 1. The molecule has 6 heteroatoms. The highest BCUT2D eigenvalue weighted by Crippen LogP contribution is 2.27. The van der Waals surface area contributed by atoms with Gasteiger partial charge in [-0.3, -0.25) is 4.79 Å². The van der Waals surface area contributed by atoms with Crippen molar-refractivity contribution in [3.05, 3.63) is 28.2 Å². The first-order chi connectivity index (χ1) is 8.99. The second-order valence-electron chi connectivity index (χ2n) is 4.00. The monoisotopic (exact) mass is 343 g/mol. The molecule has 0 bridgehead atoms. The first kappa shape index (κ1) is 15.9. The average Bonchev–Trinajstić information content (AvgIpc) is 2.36. The Morgan fingerprint density at radius 1 is 1.47 bits per heavy atom. The molecule has 0 aliphatic carbocycles. The molecule has 0 spiro atoms. The lowest BCUT2D eigenvalue weighted by Crippen LogP contribution is -2.37. The van der Waals surface area contributed by atoms with Crippen LogP contribution in [0.2, 0.25) is 0 Å². The number of carbonyl (C=O) groups is 1. The van der Waals surface area contributed by atoms with Crippen molar-refractivity contribution in [1.82, 2.24) is 5.32 Å². The molecule has 1 rings (SSSR count). The van der Waals surface area contributed by atoms with Crippen LogP contribution in [0.25, 0.3) is 0 Å². The first-order valence-corrected chi connectivity index (χ1v) is 7.30. The van der Waals surface area contributed by atoms with Crippen molar-refractivity contribution in [1.29, 1.82) is 0 Å². The predicted octanol–water partition coefficient (Wildman–Crippen LogP) is 2.05. The van der Waals surface area contributed by atoms with Crippen molar-refractivity contribution in [3.63, 3.8) is 0 Å². The smallest absolute Gasteiger partial charge is 0.239 e. The van der Waals surface area contributed by atoms with Gasteiger partial charge >= 0.3 is 0 Å². The van der Waals surface area contributed by atoms with Gasteiger partial charge in [0.1, 0.15) is 4.99 Å². The van der Waals surface area contributed by atoms with Crippen LogP contribution in [-0.2, 0) is 4.79 Å². The average molecular weight is 344 g/mol. The van der Waals surface area contributed by atoms with E-state index in [-0.39, 0.29) is 5.91 Å². The van der Waals surface area contributed by atoms with Crippen LogP contribution in [0.3, 0.4) is 0 Å². The van der Waals surface area contributed by atoms with E-state index in [9.17, 15) is 4.79 Å². The summed E-state index contributed by atoms with van der Waals surface area (Å²) in [5, 5.41) is 2.79. The number of nitrogens with one attached hydrogen (secondary N) is 1. The highest BCUT2D eigenvalue weighted by atomic mass is 79.9. The van der Waals surface area contributed by atoms with Gasteiger partial charge in [0, 0.05) is 23.1 Å². The molecule has 0 aliphatic heterocycles. The third kappa shape index (κ3) is 4.47. The van der Waals surface area contributed by atoms with Gasteiger partial charge in [-0.25, -0.2) is 0 Å². The molecule has 3 N–H and O–H groups in total. The van der Waals surface area contributed by atoms with Crippen LogP contribution in [0.5, 0.6) is 0 Å². The zero-order valence-corrected chi connectivity index (χ0v) is 13.5. The van der Waals surface area contributed by atoms with Gasteiger partial charge in [-0.15, -0.1) is 0 Å². The van der Waals surface area contributed by atoms with Gasteiger partial charge in [-0.05, 0) is 48.0 Å². The number of hydrogen-bond acceptors (Lipinski definition) is 3. The molecule has 0 saturated heterocycles. The van der Waals surface area contributed by atoms with Crippen LogP contribution in [0.4, 0.5) is 5.69 Å². The van der Waals surface area contributed by atoms with Crippen LogP contribution in [0.1, 0.15) is 19.4 Å². The lowest BCUT2D eigenvalue weighted by atomic mass is 10.2. The Balaban J connectivity index is 2.92. The van der Waals surface area contributed by atoms with Crippen LogP contribution < -0.4 is 16.0 Å². The minimum atomic E-state index is 0.00896. The molecular formula is C13H18BrN3OS. The number of anilines is 1. The number of hydrogen-bond donors (Lipinski definition) is 2. The first-order valence-electron chi connectivity index (χ1n) is 6.10. The van der Waals surface area contributed by atoms with Crippen molar-refractivity contribution in [2.75, 3.05) is 24.5 Å². The molecule has 0 atom stereocenters. The Labute approximate surface area is 127 Å². The molecule has 0 unspecified atom stereocenters. The molecule has 0 aromatic heterocycles. The fraction of sp³-hybridized carbons (Fsp3) is 0.385. The highest BCUT2D eigenvalue weighted by Gasteiger charge is 2.13. The maximum absolute atomic E-state index is 11.7. The van der Waals surface area contributed by atoms with Gasteiger partial charge in [0.05, 0.1) is 12.2 Å². The van der Waals surface area contributed by atoms with Crippen molar-refractivity contribution < 1.29 is 4.79 Å². The maximum Gasteiger partial charge on any atom is 0.239 e. The number of carbonyl (C=O) groups excluding carboxylic acids is 1. The quantitative estimate of drug-likeness (QED) is 0.776. The standard InChI is InChI=1S/C13H18BrN3OS/c1-3-16-12(18)8-17(4-2)11-6-5-9(13(15)19)7-10(11)14/h5-7H,3-4,8H2,1-2H3,(H2,15,19)(H,16,18). The number of nitrogens with zero attached hydrogens (tertiary/aromatic N) is 1. The lowest BCUT2D eigenvalue weighted by Gasteiger charge is -2.24. The number of thiocarbonyl (C=S) groups is 1. The molecule has 1 aromatic rings. The summed E-state index contributed by atoms with van der Waals surface area (Å²) in [5.74, 6) is 0.00896. The van der Waals surface area contributed by atoms with Gasteiger partial charge in [-0.1, -0.05) is 12.2 Å². The van der Waals surface area contributed by atoms with E-state index in [1.807, 2.05) is 36.9 Å². The third-order valence-corrected chi connectivity index (χ3v) is 3.53. The Bertz CT molecular complexity index is 479. The van der Waals surface area contributed by atoms with Crippen LogP contribution in [-0.4, -0.2) is 30.5 Å². The molecule has 4 nitrogen and oxygen atoms in total. The van der Waals surface area contributed by atoms with E-state index >= 15 is 0 Å². The normalized spacial score (nSPS) is 10.1. The summed E-state index contributed by atoms with van der Waals surface area (Å²) in [6.07, 6.45) is 0. The molecule has 0 heterocycles. The zero-order chi connectivity index (χ0) is 14.4. The molecule has 1 aromatic carbocycles. The van der Waals surface area contributed by atoms with Gasteiger partial charge in [0.25, 0.3) is 0 Å². The Morgan fingerprint density at radius 2 is 2.16 bits per heavy atom. The Morgan fingerprint density at radius 3 is 2.63 bits per heavy atom. The summed E-state index contributed by atoms with van der Waals surface area (Å²) in [6, 6.07) is 5.65. The van der Waals surface area contributed by atoms with Crippen LogP contribution in [0.15, 0.2) is 22.7 Å². The van der Waals surface area contributed by atoms with Gasteiger partial charge in [0.15, 0.2) is 0 Å². The summed E-state index contributed by atoms with van der Waals surface area (Å²) in [5.41, 5.74) is 7.35. The molecule has 0 saturated carbocycles. The molecule has 0 aliphatic rings. The van der Waals surface area contributed by atoms with E-state index in [1.165, 1.54) is 0 Å². The second kappa shape index (κ2) is 7.45. The number of halogens is 1. The number of nitrogens with two attached hydrogens (primary N) is 1. The van der Waals surface area contributed by atoms with Crippen molar-refractivity contribution in [2.45, 2.75) is 13.8 Å². The summed E-state index contributed by atoms with van der Waals surface area (Å²) in [6.45, 7) is 5.61. The molecular weight excluding hydrogens is 326 g/mol.